The van der Waals surface area contributed by atoms with Crippen LogP contribution in [-0.4, -0.2) is 60.8 Å². The third kappa shape index (κ3) is 2.66. The van der Waals surface area contributed by atoms with Crippen molar-refractivity contribution in [3.8, 4) is 0 Å². The molecule has 8 nitrogen and oxygen atoms in total. The summed E-state index contributed by atoms with van der Waals surface area (Å²) in [4.78, 5) is 19.2. The normalized spacial score (nSPS) is 28.0. The van der Waals surface area contributed by atoms with Crippen molar-refractivity contribution in [3.05, 3.63) is 47.4 Å². The summed E-state index contributed by atoms with van der Waals surface area (Å²) < 4.78 is 0. The van der Waals surface area contributed by atoms with Gasteiger partial charge in [0, 0.05) is 0 Å². The third-order valence-electron chi connectivity index (χ3n) is 4.85. The summed E-state index contributed by atoms with van der Waals surface area (Å²) >= 11 is 0. The van der Waals surface area contributed by atoms with Crippen LogP contribution in [0.3, 0.4) is 0 Å². The molecule has 2 N–H and O–H groups in total. The molecule has 0 bridgehead atoms. The Balaban J connectivity index is 2.13. The minimum Gasteiger partial charge on any atom is -0.382 e. The lowest BCUT2D eigenvalue weighted by atomic mass is 10.1. The van der Waals surface area contributed by atoms with Crippen LogP contribution in [0.4, 0.5) is 0 Å². The van der Waals surface area contributed by atoms with E-state index >= 15 is 0 Å². The molecule has 0 amide bonds. The van der Waals surface area contributed by atoms with Gasteiger partial charge in [0.05, 0.1) is 21.3 Å². The SMILES string of the molecule is CCC1N(OC)C(N)=C2C(N(C)C(c3ccccc3)N2OC)N1OC. The Labute approximate surface area is 148 Å². The monoisotopic (exact) mass is 349 g/mol. The van der Waals surface area contributed by atoms with E-state index in [4.69, 9.17) is 20.2 Å². The summed E-state index contributed by atoms with van der Waals surface area (Å²) in [6.45, 7) is 2.07. The molecule has 3 unspecified atom stereocenters. The fourth-order valence-corrected chi connectivity index (χ4v) is 3.80. The number of nitrogens with two attached hydrogens (primary N) is 1. The lowest BCUT2D eigenvalue weighted by Crippen LogP contribution is -2.60. The van der Waals surface area contributed by atoms with E-state index in [-0.39, 0.29) is 18.5 Å². The first-order valence-electron chi connectivity index (χ1n) is 8.36. The molecule has 1 aromatic carbocycles. The Bertz CT molecular complexity index is 626. The molecule has 3 atom stereocenters. The summed E-state index contributed by atoms with van der Waals surface area (Å²) in [6, 6.07) is 10.2. The minimum atomic E-state index is -0.188. The first-order valence-corrected chi connectivity index (χ1v) is 8.36. The number of nitrogens with zero attached hydrogens (tertiary/aromatic N) is 4. The van der Waals surface area contributed by atoms with Gasteiger partial charge in [-0.1, -0.05) is 37.3 Å². The van der Waals surface area contributed by atoms with Gasteiger partial charge < -0.3 is 5.73 Å². The van der Waals surface area contributed by atoms with Crippen molar-refractivity contribution in [1.82, 2.24) is 20.1 Å². The fraction of sp³-hybridized carbons (Fsp3) is 0.529. The van der Waals surface area contributed by atoms with Gasteiger partial charge in [0.2, 0.25) is 0 Å². The lowest BCUT2D eigenvalue weighted by molar-refractivity contribution is -0.301. The molecule has 0 aliphatic carbocycles. The van der Waals surface area contributed by atoms with Crippen molar-refractivity contribution in [2.24, 2.45) is 5.73 Å². The van der Waals surface area contributed by atoms with E-state index in [0.29, 0.717) is 5.82 Å². The van der Waals surface area contributed by atoms with Gasteiger partial charge >= 0.3 is 0 Å². The van der Waals surface area contributed by atoms with E-state index < -0.39 is 0 Å². The van der Waals surface area contributed by atoms with Crippen molar-refractivity contribution in [3.63, 3.8) is 0 Å². The van der Waals surface area contributed by atoms with Crippen LogP contribution < -0.4 is 5.73 Å². The number of fused-ring (bicyclic) bond motifs is 1. The van der Waals surface area contributed by atoms with Gasteiger partial charge in [-0.2, -0.15) is 0 Å². The number of hydrogen-bond acceptors (Lipinski definition) is 8. The highest BCUT2D eigenvalue weighted by molar-refractivity contribution is 5.28. The molecule has 1 aromatic rings. The van der Waals surface area contributed by atoms with Gasteiger partial charge in [-0.25, -0.2) is 10.1 Å². The molecule has 8 heteroatoms. The molecular formula is C17H27N5O3. The van der Waals surface area contributed by atoms with Crippen molar-refractivity contribution in [2.45, 2.75) is 31.8 Å². The Hall–Kier alpha value is -1.84. The fourth-order valence-electron chi connectivity index (χ4n) is 3.80. The second kappa shape index (κ2) is 7.19. The summed E-state index contributed by atoms with van der Waals surface area (Å²) in [6.07, 6.45) is 0.325. The standard InChI is InChI=1S/C17H27N5O3/c1-6-13-20(23-3)15(18)14-17(21(13)24-4)19(2)16(22(14)25-5)12-10-8-7-9-11-12/h7-11,13,16-17H,6,18H2,1-5H3. The topological polar surface area (TPSA) is 66.7 Å². The van der Waals surface area contributed by atoms with Crippen molar-refractivity contribution >= 4 is 0 Å². The zero-order valence-electron chi connectivity index (χ0n) is 15.4. The Morgan fingerprint density at radius 2 is 1.60 bits per heavy atom. The van der Waals surface area contributed by atoms with E-state index in [1.807, 2.05) is 35.4 Å². The van der Waals surface area contributed by atoms with Gasteiger partial charge in [-0.15, -0.1) is 5.06 Å². The molecule has 138 valence electrons. The summed E-state index contributed by atoms with van der Waals surface area (Å²) in [5.74, 6) is 0.528. The molecule has 1 fully saturated rings. The lowest BCUT2D eigenvalue weighted by Gasteiger charge is -2.45. The molecule has 2 heterocycles. The van der Waals surface area contributed by atoms with E-state index in [2.05, 4.69) is 24.0 Å². The third-order valence-corrected chi connectivity index (χ3v) is 4.85. The molecule has 0 radical (unpaired) electrons. The van der Waals surface area contributed by atoms with Crippen LogP contribution in [0.2, 0.25) is 0 Å². The van der Waals surface area contributed by atoms with Crippen LogP contribution in [-0.2, 0) is 14.5 Å². The van der Waals surface area contributed by atoms with E-state index in [0.717, 1.165) is 17.7 Å². The maximum atomic E-state index is 6.48. The van der Waals surface area contributed by atoms with Crippen LogP contribution in [0, 0.1) is 0 Å². The maximum Gasteiger partial charge on any atom is 0.150 e. The van der Waals surface area contributed by atoms with Gasteiger partial charge in [-0.05, 0) is 19.0 Å². The summed E-state index contributed by atoms with van der Waals surface area (Å²) in [5.41, 5.74) is 8.38. The second-order valence-corrected chi connectivity index (χ2v) is 6.04. The van der Waals surface area contributed by atoms with E-state index in [1.54, 1.807) is 26.4 Å². The second-order valence-electron chi connectivity index (χ2n) is 6.04. The van der Waals surface area contributed by atoms with Crippen LogP contribution in [0.1, 0.15) is 25.1 Å². The number of hydroxylamine groups is 6. The first kappa shape index (κ1) is 18.0. The number of benzene rings is 1. The van der Waals surface area contributed by atoms with Crippen LogP contribution >= 0.6 is 0 Å². The molecule has 2 aliphatic heterocycles. The van der Waals surface area contributed by atoms with Gasteiger partial charge in [0.1, 0.15) is 24.2 Å². The van der Waals surface area contributed by atoms with Crippen LogP contribution in [0.25, 0.3) is 0 Å². The maximum absolute atomic E-state index is 6.48. The number of likely N-dealkylation sites (N-methyl/N-ethyl adjacent to an activating group) is 1. The van der Waals surface area contributed by atoms with Crippen LogP contribution in [0.15, 0.2) is 41.8 Å². The number of hydrogen-bond donors (Lipinski definition) is 1. The molecule has 0 saturated carbocycles. The molecular weight excluding hydrogens is 322 g/mol. The largest absolute Gasteiger partial charge is 0.382 e. The van der Waals surface area contributed by atoms with Gasteiger partial charge in [0.25, 0.3) is 0 Å². The number of rotatable bonds is 5. The molecule has 2 aliphatic rings. The highest BCUT2D eigenvalue weighted by Gasteiger charge is 2.53. The van der Waals surface area contributed by atoms with E-state index in [9.17, 15) is 0 Å². The Morgan fingerprint density at radius 1 is 0.960 bits per heavy atom. The Kier molecular flexibility index (Phi) is 5.16. The average Bonchev–Trinajstić information content (AvgIpc) is 2.95. The zero-order valence-corrected chi connectivity index (χ0v) is 15.4. The molecule has 1 saturated heterocycles. The van der Waals surface area contributed by atoms with E-state index in [1.165, 1.54) is 0 Å². The minimum absolute atomic E-state index is 0.128. The quantitative estimate of drug-likeness (QED) is 0.856. The van der Waals surface area contributed by atoms with Crippen LogP contribution in [0.5, 0.6) is 0 Å². The summed E-state index contributed by atoms with van der Waals surface area (Å²) in [5, 5.41) is 5.38. The first-order chi connectivity index (χ1) is 12.1. The molecule has 0 spiro atoms. The summed E-state index contributed by atoms with van der Waals surface area (Å²) in [7, 11) is 6.95. The van der Waals surface area contributed by atoms with Crippen molar-refractivity contribution < 1.29 is 14.5 Å². The molecule has 3 rings (SSSR count). The van der Waals surface area contributed by atoms with Crippen molar-refractivity contribution in [2.75, 3.05) is 28.4 Å². The zero-order chi connectivity index (χ0) is 18.1. The highest BCUT2D eigenvalue weighted by Crippen LogP contribution is 2.44. The average molecular weight is 349 g/mol. The predicted octanol–water partition coefficient (Wildman–Crippen LogP) is 1.42. The molecule has 0 aromatic heterocycles. The smallest absolute Gasteiger partial charge is 0.150 e. The highest BCUT2D eigenvalue weighted by atomic mass is 16.7. The predicted molar refractivity (Wildman–Crippen MR) is 92.6 cm³/mol. The van der Waals surface area contributed by atoms with Gasteiger partial charge in [-0.3, -0.25) is 19.4 Å². The molecule has 25 heavy (non-hydrogen) atoms. The van der Waals surface area contributed by atoms with Crippen molar-refractivity contribution in [1.29, 1.82) is 0 Å². The Morgan fingerprint density at radius 3 is 2.12 bits per heavy atom. The van der Waals surface area contributed by atoms with Gasteiger partial charge in [0.15, 0.2) is 5.82 Å².